The summed E-state index contributed by atoms with van der Waals surface area (Å²) in [6.07, 6.45) is 5.13. The highest BCUT2D eigenvalue weighted by atomic mass is 19.1. The molecule has 0 fully saturated rings. The number of halogens is 2. The first-order chi connectivity index (χ1) is 11.9. The number of hydrogen-bond donors (Lipinski definition) is 1. The van der Waals surface area contributed by atoms with Crippen LogP contribution >= 0.6 is 0 Å². The first-order valence-corrected chi connectivity index (χ1v) is 7.46. The van der Waals surface area contributed by atoms with Crippen LogP contribution in [0.1, 0.15) is 25.5 Å². The Balaban J connectivity index is 2.34. The number of nitrogens with one attached hydrogen (secondary N) is 1. The molecule has 3 rings (SSSR count). The van der Waals surface area contributed by atoms with Gasteiger partial charge in [-0.15, -0.1) is 6.42 Å². The van der Waals surface area contributed by atoms with E-state index in [0.29, 0.717) is 11.3 Å². The van der Waals surface area contributed by atoms with Gasteiger partial charge < -0.3 is 4.74 Å². The minimum Gasteiger partial charge on any atom is -0.451 e. The van der Waals surface area contributed by atoms with Crippen LogP contribution in [0.25, 0.3) is 16.8 Å². The molecule has 1 aromatic carbocycles. The van der Waals surface area contributed by atoms with Crippen molar-refractivity contribution >= 4 is 5.65 Å². The Morgan fingerprint density at radius 3 is 2.60 bits per heavy atom. The van der Waals surface area contributed by atoms with Crippen LogP contribution in [0.2, 0.25) is 0 Å². The number of benzene rings is 1. The van der Waals surface area contributed by atoms with Crippen LogP contribution in [0.4, 0.5) is 8.78 Å². The van der Waals surface area contributed by atoms with Gasteiger partial charge in [0.15, 0.2) is 12.3 Å². The first kappa shape index (κ1) is 16.6. The predicted molar refractivity (Wildman–Crippen MR) is 87.4 cm³/mol. The summed E-state index contributed by atoms with van der Waals surface area (Å²) in [5.41, 5.74) is 0.617. The molecule has 6 nitrogen and oxygen atoms in total. The molecule has 2 heterocycles. The number of nitrogens with zero attached hydrogens (tertiary/aromatic N) is 3. The van der Waals surface area contributed by atoms with Crippen molar-refractivity contribution in [2.24, 2.45) is 0 Å². The molecule has 0 saturated heterocycles. The van der Waals surface area contributed by atoms with Crippen LogP contribution in [-0.4, -0.2) is 26.2 Å². The minimum atomic E-state index is -0.738. The highest BCUT2D eigenvalue weighted by Gasteiger charge is 2.22. The SMILES string of the molecule is C#CCOc1nc2c(-c3cc(F)cc(F)c3)c(C(C)C)nn2c(=O)[nH]1. The van der Waals surface area contributed by atoms with Crippen LogP contribution < -0.4 is 10.4 Å². The molecule has 0 aliphatic carbocycles. The van der Waals surface area contributed by atoms with Crippen LogP contribution in [0.3, 0.4) is 0 Å². The van der Waals surface area contributed by atoms with Crippen molar-refractivity contribution in [1.29, 1.82) is 0 Å². The van der Waals surface area contributed by atoms with Crippen molar-refractivity contribution < 1.29 is 13.5 Å². The van der Waals surface area contributed by atoms with Crippen LogP contribution in [-0.2, 0) is 0 Å². The van der Waals surface area contributed by atoms with E-state index in [0.717, 1.165) is 22.7 Å². The van der Waals surface area contributed by atoms with Gasteiger partial charge in [0, 0.05) is 6.07 Å². The maximum absolute atomic E-state index is 13.7. The topological polar surface area (TPSA) is 72.3 Å². The summed E-state index contributed by atoms with van der Waals surface area (Å²) in [4.78, 5) is 18.8. The minimum absolute atomic E-state index is 0.0891. The number of fused-ring (bicyclic) bond motifs is 1. The Bertz CT molecular complexity index is 1030. The van der Waals surface area contributed by atoms with Gasteiger partial charge in [0.2, 0.25) is 0 Å². The number of terminal acetylenes is 1. The lowest BCUT2D eigenvalue weighted by molar-refractivity contribution is 0.337. The fraction of sp³-hybridized carbons (Fsp3) is 0.235. The maximum Gasteiger partial charge on any atom is 0.352 e. The van der Waals surface area contributed by atoms with E-state index in [9.17, 15) is 13.6 Å². The summed E-state index contributed by atoms with van der Waals surface area (Å²) in [5, 5.41) is 4.24. The maximum atomic E-state index is 13.7. The lowest BCUT2D eigenvalue weighted by Crippen LogP contribution is -2.20. The molecule has 25 heavy (non-hydrogen) atoms. The molecule has 128 valence electrons. The molecule has 8 heteroatoms. The van der Waals surface area contributed by atoms with E-state index in [4.69, 9.17) is 11.2 Å². The van der Waals surface area contributed by atoms with Crippen LogP contribution in [0, 0.1) is 24.0 Å². The molecule has 0 aliphatic heterocycles. The third kappa shape index (κ3) is 3.08. The smallest absolute Gasteiger partial charge is 0.352 e. The normalized spacial score (nSPS) is 11.0. The Morgan fingerprint density at radius 1 is 1.32 bits per heavy atom. The largest absolute Gasteiger partial charge is 0.451 e. The second kappa shape index (κ2) is 6.36. The average Bonchev–Trinajstić information content (AvgIpc) is 2.92. The molecular weight excluding hydrogens is 330 g/mol. The highest BCUT2D eigenvalue weighted by molar-refractivity contribution is 5.80. The average molecular weight is 344 g/mol. The van der Waals surface area contributed by atoms with Gasteiger partial charge in [-0.3, -0.25) is 4.98 Å². The summed E-state index contributed by atoms with van der Waals surface area (Å²) >= 11 is 0. The molecule has 0 radical (unpaired) electrons. The standard InChI is InChI=1S/C17H14F2N4O2/c1-4-5-25-16-20-15-13(10-6-11(18)8-12(19)7-10)14(9(2)3)22-23(15)17(24)21-16/h1,6-9H,5H2,2-3H3,(H,20,21,24). The first-order valence-electron chi connectivity index (χ1n) is 7.46. The van der Waals surface area contributed by atoms with Crippen molar-refractivity contribution in [3.63, 3.8) is 0 Å². The Labute approximate surface area is 141 Å². The van der Waals surface area contributed by atoms with Crippen molar-refractivity contribution in [2.45, 2.75) is 19.8 Å². The van der Waals surface area contributed by atoms with E-state index in [1.54, 1.807) is 0 Å². The van der Waals surface area contributed by atoms with Gasteiger partial charge in [0.1, 0.15) is 11.6 Å². The fourth-order valence-electron chi connectivity index (χ4n) is 2.50. The molecule has 0 saturated carbocycles. The third-order valence-corrected chi connectivity index (χ3v) is 3.49. The highest BCUT2D eigenvalue weighted by Crippen LogP contribution is 2.32. The number of aromatic amines is 1. The summed E-state index contributed by atoms with van der Waals surface area (Å²) < 4.78 is 33.5. The van der Waals surface area contributed by atoms with E-state index in [-0.39, 0.29) is 29.7 Å². The van der Waals surface area contributed by atoms with Gasteiger partial charge in [-0.1, -0.05) is 19.8 Å². The molecule has 3 aromatic rings. The van der Waals surface area contributed by atoms with Crippen molar-refractivity contribution in [1.82, 2.24) is 19.6 Å². The van der Waals surface area contributed by atoms with E-state index < -0.39 is 17.3 Å². The van der Waals surface area contributed by atoms with Gasteiger partial charge >= 0.3 is 11.7 Å². The molecule has 0 unspecified atom stereocenters. The van der Waals surface area contributed by atoms with Crippen LogP contribution in [0.5, 0.6) is 6.01 Å². The zero-order valence-corrected chi connectivity index (χ0v) is 13.5. The summed E-state index contributed by atoms with van der Waals surface area (Å²) in [5.74, 6) is 0.673. The lowest BCUT2D eigenvalue weighted by atomic mass is 9.99. The second-order valence-corrected chi connectivity index (χ2v) is 5.65. The molecule has 1 N–H and O–H groups in total. The Kier molecular flexibility index (Phi) is 4.23. The zero-order valence-electron chi connectivity index (χ0n) is 13.5. The fourth-order valence-corrected chi connectivity index (χ4v) is 2.50. The summed E-state index contributed by atoms with van der Waals surface area (Å²) in [6, 6.07) is 3.00. The van der Waals surface area contributed by atoms with E-state index >= 15 is 0 Å². The lowest BCUT2D eigenvalue weighted by Gasteiger charge is -2.06. The van der Waals surface area contributed by atoms with Crippen molar-refractivity contribution in [3.05, 3.63) is 46.0 Å². The van der Waals surface area contributed by atoms with Crippen molar-refractivity contribution in [3.8, 4) is 29.5 Å². The summed E-state index contributed by atoms with van der Waals surface area (Å²) in [6.45, 7) is 3.62. The molecule has 0 aliphatic rings. The predicted octanol–water partition coefficient (Wildman–Crippen LogP) is 2.50. The van der Waals surface area contributed by atoms with Gasteiger partial charge in [0.25, 0.3) is 0 Å². The Morgan fingerprint density at radius 2 is 2.00 bits per heavy atom. The molecule has 0 spiro atoms. The number of aromatic nitrogens is 4. The van der Waals surface area contributed by atoms with E-state index in [1.165, 1.54) is 0 Å². The number of ether oxygens (including phenoxy) is 1. The van der Waals surface area contributed by atoms with E-state index in [2.05, 4.69) is 21.0 Å². The quantitative estimate of drug-likeness (QED) is 0.738. The summed E-state index contributed by atoms with van der Waals surface area (Å²) in [7, 11) is 0. The van der Waals surface area contributed by atoms with Gasteiger partial charge in [-0.05, 0) is 23.6 Å². The third-order valence-electron chi connectivity index (χ3n) is 3.49. The zero-order chi connectivity index (χ0) is 18.1. The van der Waals surface area contributed by atoms with Crippen LogP contribution in [0.15, 0.2) is 23.0 Å². The molecule has 0 amide bonds. The Hall–Kier alpha value is -3.21. The van der Waals surface area contributed by atoms with Gasteiger partial charge in [-0.25, -0.2) is 13.6 Å². The second-order valence-electron chi connectivity index (χ2n) is 5.65. The number of rotatable bonds is 4. The molecular formula is C17H14F2N4O2. The van der Waals surface area contributed by atoms with Crippen molar-refractivity contribution in [2.75, 3.05) is 6.61 Å². The molecule has 0 atom stereocenters. The monoisotopic (exact) mass is 344 g/mol. The number of hydrogen-bond acceptors (Lipinski definition) is 4. The van der Waals surface area contributed by atoms with Gasteiger partial charge in [-0.2, -0.15) is 14.6 Å². The van der Waals surface area contributed by atoms with Gasteiger partial charge in [0.05, 0.1) is 11.3 Å². The number of H-pyrrole nitrogens is 1. The van der Waals surface area contributed by atoms with E-state index in [1.807, 2.05) is 13.8 Å². The molecule has 2 aromatic heterocycles. The molecule has 0 bridgehead atoms.